The zero-order valence-corrected chi connectivity index (χ0v) is 16.7. The Labute approximate surface area is 163 Å². The molecule has 2 aromatic heterocycles. The third kappa shape index (κ3) is 3.79. The number of hydrogen-bond acceptors (Lipinski definition) is 6. The average Bonchev–Trinajstić information content (AvgIpc) is 3.28. The Morgan fingerprint density at radius 3 is 2.58 bits per heavy atom. The Hall–Kier alpha value is -1.46. The van der Waals surface area contributed by atoms with E-state index in [1.165, 1.54) is 29.2 Å². The van der Waals surface area contributed by atoms with E-state index in [4.69, 9.17) is 16.7 Å². The van der Waals surface area contributed by atoms with Crippen molar-refractivity contribution in [3.05, 3.63) is 28.6 Å². The highest BCUT2D eigenvalue weighted by atomic mass is 35.5. The first-order valence-corrected chi connectivity index (χ1v) is 11.1. The van der Waals surface area contributed by atoms with Crippen LogP contribution in [0.4, 0.5) is 0 Å². The average molecular weight is 435 g/mol. The summed E-state index contributed by atoms with van der Waals surface area (Å²) >= 11 is 8.34. The molecule has 0 spiro atoms. The van der Waals surface area contributed by atoms with Gasteiger partial charge in [0.2, 0.25) is 5.91 Å². The Morgan fingerprint density at radius 2 is 1.96 bits per heavy atom. The number of nitrogens with one attached hydrogen (secondary N) is 1. The number of carbonyl (C=O) groups is 2. The number of nitrogens with zero attached hydrogens (tertiary/aromatic N) is 1. The van der Waals surface area contributed by atoms with Crippen molar-refractivity contribution in [1.29, 1.82) is 0 Å². The van der Waals surface area contributed by atoms with Gasteiger partial charge in [0.15, 0.2) is 0 Å². The fourth-order valence-electron chi connectivity index (χ4n) is 2.62. The molecule has 7 nitrogen and oxygen atoms in total. The molecule has 0 radical (unpaired) electrons. The van der Waals surface area contributed by atoms with Crippen molar-refractivity contribution < 1.29 is 23.1 Å². The molecule has 11 heteroatoms. The predicted molar refractivity (Wildman–Crippen MR) is 100 cm³/mol. The van der Waals surface area contributed by atoms with Gasteiger partial charge in [0.1, 0.15) is 16.3 Å². The smallest absolute Gasteiger partial charge is 0.326 e. The third-order valence-corrected chi connectivity index (χ3v) is 8.50. The van der Waals surface area contributed by atoms with Crippen LogP contribution in [0.5, 0.6) is 0 Å². The van der Waals surface area contributed by atoms with Crippen molar-refractivity contribution in [1.82, 2.24) is 9.62 Å². The molecule has 1 amide bonds. The molecule has 0 aromatic carbocycles. The zero-order chi connectivity index (χ0) is 19.1. The molecule has 1 aliphatic rings. The Bertz CT molecular complexity index is 952. The van der Waals surface area contributed by atoms with Crippen LogP contribution in [0.25, 0.3) is 9.75 Å². The highest BCUT2D eigenvalue weighted by Crippen LogP contribution is 2.36. The van der Waals surface area contributed by atoms with Crippen molar-refractivity contribution in [3.63, 3.8) is 0 Å². The lowest BCUT2D eigenvalue weighted by Gasteiger charge is -2.21. The maximum Gasteiger partial charge on any atom is 0.326 e. The van der Waals surface area contributed by atoms with Crippen molar-refractivity contribution in [2.45, 2.75) is 29.6 Å². The summed E-state index contributed by atoms with van der Waals surface area (Å²) in [4.78, 5) is 26.2. The van der Waals surface area contributed by atoms with E-state index in [9.17, 15) is 18.0 Å². The number of likely N-dealkylation sites (tertiary alicyclic amines) is 1. The van der Waals surface area contributed by atoms with Crippen molar-refractivity contribution in [2.75, 3.05) is 6.54 Å². The van der Waals surface area contributed by atoms with Gasteiger partial charge in [-0.15, -0.1) is 22.7 Å². The number of halogens is 1. The van der Waals surface area contributed by atoms with Gasteiger partial charge in [-0.3, -0.25) is 4.79 Å². The number of carbonyl (C=O) groups excluding carboxylic acids is 1. The molecular formula is C15H15ClN2O5S3. The van der Waals surface area contributed by atoms with Crippen molar-refractivity contribution in [3.8, 4) is 9.75 Å². The molecule has 1 aliphatic heterocycles. The molecule has 1 fully saturated rings. The topological polar surface area (TPSA) is 104 Å². The summed E-state index contributed by atoms with van der Waals surface area (Å²) in [6.45, 7) is 1.59. The first kappa shape index (κ1) is 19.3. The molecule has 2 atom stereocenters. The molecule has 3 heterocycles. The minimum atomic E-state index is -3.88. The van der Waals surface area contributed by atoms with Crippen LogP contribution in [0, 0.1) is 0 Å². The van der Waals surface area contributed by atoms with Gasteiger partial charge >= 0.3 is 5.97 Å². The highest BCUT2D eigenvalue weighted by Gasteiger charge is 2.39. The summed E-state index contributed by atoms with van der Waals surface area (Å²) in [5.74, 6) is -1.65. The number of hydrogen-bond donors (Lipinski definition) is 2. The normalized spacial score (nSPS) is 19.1. The van der Waals surface area contributed by atoms with Crippen LogP contribution in [0.2, 0.25) is 4.34 Å². The van der Waals surface area contributed by atoms with E-state index < -0.39 is 34.0 Å². The summed E-state index contributed by atoms with van der Waals surface area (Å²) < 4.78 is 28.3. The van der Waals surface area contributed by atoms with Gasteiger partial charge in [0, 0.05) is 16.3 Å². The molecule has 0 unspecified atom stereocenters. The molecule has 1 saturated heterocycles. The number of thiophene rings is 2. The van der Waals surface area contributed by atoms with Crippen LogP contribution < -0.4 is 4.72 Å². The summed E-state index contributed by atoms with van der Waals surface area (Å²) in [6.07, 6.45) is 0.231. The van der Waals surface area contributed by atoms with E-state index in [0.29, 0.717) is 4.34 Å². The van der Waals surface area contributed by atoms with Gasteiger partial charge in [-0.05, 0) is 37.6 Å². The van der Waals surface area contributed by atoms with E-state index in [-0.39, 0.29) is 17.2 Å². The van der Waals surface area contributed by atoms with Crippen molar-refractivity contribution >= 4 is 56.2 Å². The second kappa shape index (κ2) is 7.28. The number of aliphatic carboxylic acids is 1. The monoisotopic (exact) mass is 434 g/mol. The Kier molecular flexibility index (Phi) is 5.40. The first-order chi connectivity index (χ1) is 12.2. The van der Waals surface area contributed by atoms with Crippen LogP contribution in [0.1, 0.15) is 13.3 Å². The van der Waals surface area contributed by atoms with Gasteiger partial charge in [-0.2, -0.15) is 4.72 Å². The molecule has 0 bridgehead atoms. The Morgan fingerprint density at radius 1 is 1.31 bits per heavy atom. The van der Waals surface area contributed by atoms with Crippen LogP contribution in [0.15, 0.2) is 28.5 Å². The predicted octanol–water partition coefficient (Wildman–Crippen LogP) is 2.48. The largest absolute Gasteiger partial charge is 0.480 e. The van der Waals surface area contributed by atoms with E-state index in [2.05, 4.69) is 4.72 Å². The second-order valence-corrected chi connectivity index (χ2v) is 10.5. The molecule has 140 valence electrons. The number of rotatable bonds is 6. The maximum atomic E-state index is 12.6. The van der Waals surface area contributed by atoms with E-state index in [1.807, 2.05) is 6.07 Å². The maximum absolute atomic E-state index is 12.6. The van der Waals surface area contributed by atoms with Gasteiger partial charge < -0.3 is 10.0 Å². The van der Waals surface area contributed by atoms with Gasteiger partial charge in [0.25, 0.3) is 10.0 Å². The summed E-state index contributed by atoms with van der Waals surface area (Å²) in [7, 11) is -3.88. The number of sulfonamides is 1. The van der Waals surface area contributed by atoms with E-state index in [1.54, 1.807) is 12.1 Å². The number of carboxylic acids is 1. The molecule has 3 rings (SSSR count). The number of amides is 1. The van der Waals surface area contributed by atoms with Crippen LogP contribution in [-0.4, -0.2) is 48.9 Å². The summed E-state index contributed by atoms with van der Waals surface area (Å²) in [6, 6.07) is 4.78. The quantitative estimate of drug-likeness (QED) is 0.726. The second-order valence-electron chi connectivity index (χ2n) is 5.73. The van der Waals surface area contributed by atoms with Gasteiger partial charge in [0.05, 0.1) is 4.34 Å². The highest BCUT2D eigenvalue weighted by molar-refractivity contribution is 7.91. The lowest BCUT2D eigenvalue weighted by Crippen LogP contribution is -2.46. The molecule has 0 saturated carbocycles. The third-order valence-electron chi connectivity index (χ3n) is 4.02. The number of carboxylic acid groups (broad SMARTS) is 1. The lowest BCUT2D eigenvalue weighted by molar-refractivity contribution is -0.147. The lowest BCUT2D eigenvalue weighted by atomic mass is 10.3. The van der Waals surface area contributed by atoms with E-state index >= 15 is 0 Å². The first-order valence-electron chi connectivity index (χ1n) is 7.60. The summed E-state index contributed by atoms with van der Waals surface area (Å²) in [5.41, 5.74) is 0. The fraction of sp³-hybridized carbons (Fsp3) is 0.333. The molecule has 26 heavy (non-hydrogen) atoms. The van der Waals surface area contributed by atoms with Crippen molar-refractivity contribution in [2.24, 2.45) is 0 Å². The van der Waals surface area contributed by atoms with Crippen LogP contribution >= 0.6 is 34.3 Å². The standard InChI is InChI=1S/C15H15ClN2O5S3/c1-8(15(20)21)18-7-6-9(14(18)19)17-26(22,23)13-5-3-11(25-13)10-2-4-12(16)24-10/h2-5,8-9,17H,6-7H2,1H3,(H,20,21)/t8-,9-/m0/s1. The summed E-state index contributed by atoms with van der Waals surface area (Å²) in [5, 5.41) is 9.03. The van der Waals surface area contributed by atoms with Gasteiger partial charge in [-0.1, -0.05) is 11.6 Å². The molecule has 2 aromatic rings. The molecule has 2 N–H and O–H groups in total. The van der Waals surface area contributed by atoms with Crippen LogP contribution in [-0.2, 0) is 19.6 Å². The molecular weight excluding hydrogens is 420 g/mol. The SMILES string of the molecule is C[C@@H](C(=O)O)N1CC[C@H](NS(=O)(=O)c2ccc(-c3ccc(Cl)s3)s2)C1=O. The van der Waals surface area contributed by atoms with Crippen LogP contribution in [0.3, 0.4) is 0 Å². The zero-order valence-electron chi connectivity index (χ0n) is 13.5. The molecule has 0 aliphatic carbocycles. The Balaban J connectivity index is 1.75. The van der Waals surface area contributed by atoms with E-state index in [0.717, 1.165) is 21.1 Å². The van der Waals surface area contributed by atoms with Gasteiger partial charge in [-0.25, -0.2) is 13.2 Å². The minimum Gasteiger partial charge on any atom is -0.480 e. The minimum absolute atomic E-state index is 0.0922. The fourth-order valence-corrected chi connectivity index (χ4v) is 6.30.